The number of benzene rings is 2. The van der Waals surface area contributed by atoms with Crippen molar-refractivity contribution >= 4 is 11.4 Å². The van der Waals surface area contributed by atoms with Gasteiger partial charge in [-0.25, -0.2) is 0 Å². The largest absolute Gasteiger partial charge is 0.348 e. The second-order valence-corrected chi connectivity index (χ2v) is 9.05. The minimum absolute atomic E-state index is 0.940. The van der Waals surface area contributed by atoms with E-state index in [0.29, 0.717) is 0 Å². The minimum atomic E-state index is 0.940. The molecular weight excluding hydrogens is 400 g/mol. The second kappa shape index (κ2) is 16.0. The van der Waals surface area contributed by atoms with Crippen LogP contribution in [0.2, 0.25) is 0 Å². The van der Waals surface area contributed by atoms with Crippen LogP contribution in [-0.4, -0.2) is 10.7 Å². The van der Waals surface area contributed by atoms with E-state index in [4.69, 9.17) is 5.53 Å². The Bertz CT molecular complexity index is 956. The van der Waals surface area contributed by atoms with E-state index in [9.17, 15) is 0 Å². The van der Waals surface area contributed by atoms with Crippen molar-refractivity contribution < 1.29 is 4.79 Å². The summed E-state index contributed by atoms with van der Waals surface area (Å²) in [5.41, 5.74) is 16.8. The molecule has 0 aromatic heterocycles. The SMILES string of the molecule is CCCCCCc1cccc(C(=C(C=C=[N+]=[N-])CCCC)c2cccc(CCCCC)c2)c1. The van der Waals surface area contributed by atoms with Crippen molar-refractivity contribution in [3.63, 3.8) is 0 Å². The highest BCUT2D eigenvalue weighted by atomic mass is 14.8. The first-order chi connectivity index (χ1) is 16.2. The maximum atomic E-state index is 9.07. The molecule has 0 aliphatic rings. The van der Waals surface area contributed by atoms with Crippen LogP contribution < -0.4 is 0 Å². The minimum Gasteiger partial charge on any atom is -0.348 e. The van der Waals surface area contributed by atoms with Crippen molar-refractivity contribution in [3.05, 3.63) is 88.0 Å². The van der Waals surface area contributed by atoms with E-state index in [1.807, 2.05) is 6.08 Å². The van der Waals surface area contributed by atoms with Crippen molar-refractivity contribution in [3.8, 4) is 0 Å². The summed E-state index contributed by atoms with van der Waals surface area (Å²) in [7, 11) is 0. The molecule has 2 rings (SSSR count). The molecule has 0 amide bonds. The zero-order valence-corrected chi connectivity index (χ0v) is 21.1. The summed E-state index contributed by atoms with van der Waals surface area (Å²) in [6, 6.07) is 18.1. The molecule has 0 aliphatic carbocycles. The summed E-state index contributed by atoms with van der Waals surface area (Å²) in [6.07, 6.45) is 16.1. The zero-order chi connectivity index (χ0) is 23.7. The molecule has 2 aromatic carbocycles. The highest BCUT2D eigenvalue weighted by Crippen LogP contribution is 2.31. The summed E-state index contributed by atoms with van der Waals surface area (Å²) < 4.78 is 0. The molecule has 0 heterocycles. The van der Waals surface area contributed by atoms with Crippen LogP contribution in [0.1, 0.15) is 107 Å². The highest BCUT2D eigenvalue weighted by Gasteiger charge is 2.13. The van der Waals surface area contributed by atoms with E-state index >= 15 is 0 Å². The van der Waals surface area contributed by atoms with Gasteiger partial charge >= 0.3 is 0 Å². The van der Waals surface area contributed by atoms with Gasteiger partial charge in [-0.05, 0) is 71.9 Å². The Morgan fingerprint density at radius 3 is 1.85 bits per heavy atom. The second-order valence-electron chi connectivity index (χ2n) is 9.05. The van der Waals surface area contributed by atoms with E-state index in [2.05, 4.69) is 80.0 Å². The lowest BCUT2D eigenvalue weighted by Gasteiger charge is -2.16. The molecule has 0 spiro atoms. The summed E-state index contributed by atoms with van der Waals surface area (Å²) in [4.78, 5) is 3.16. The molecule has 33 heavy (non-hydrogen) atoms. The van der Waals surface area contributed by atoms with Crippen LogP contribution in [0.4, 0.5) is 0 Å². The molecule has 0 fully saturated rings. The topological polar surface area (TPSA) is 36.4 Å². The van der Waals surface area contributed by atoms with E-state index in [0.717, 1.165) is 32.1 Å². The maximum absolute atomic E-state index is 9.07. The van der Waals surface area contributed by atoms with Crippen molar-refractivity contribution in [1.29, 1.82) is 0 Å². The molecule has 0 bridgehead atoms. The van der Waals surface area contributed by atoms with Gasteiger partial charge in [0.25, 0.3) is 5.87 Å². The molecule has 0 saturated carbocycles. The number of rotatable bonds is 15. The van der Waals surface area contributed by atoms with Gasteiger partial charge in [0.1, 0.15) is 0 Å². The number of nitrogens with zero attached hydrogens (tertiary/aromatic N) is 2. The number of unbranched alkanes of at least 4 members (excludes halogenated alkanes) is 6. The molecule has 0 saturated heterocycles. The van der Waals surface area contributed by atoms with Gasteiger partial charge in [0.05, 0.1) is 6.08 Å². The Balaban J connectivity index is 2.52. The Hall–Kier alpha value is -2.66. The Labute approximate surface area is 202 Å². The third-order valence-electron chi connectivity index (χ3n) is 6.24. The van der Waals surface area contributed by atoms with E-state index < -0.39 is 0 Å². The first-order valence-corrected chi connectivity index (χ1v) is 13.1. The molecular formula is C31H42N2. The number of hydrogen-bond donors (Lipinski definition) is 0. The molecule has 0 aliphatic heterocycles. The lowest BCUT2D eigenvalue weighted by Crippen LogP contribution is -1.98. The van der Waals surface area contributed by atoms with Gasteiger partial charge in [0.2, 0.25) is 0 Å². The predicted molar refractivity (Wildman–Crippen MR) is 143 cm³/mol. The van der Waals surface area contributed by atoms with Gasteiger partial charge in [-0.2, -0.15) is 0 Å². The predicted octanol–water partition coefficient (Wildman–Crippen LogP) is 8.99. The van der Waals surface area contributed by atoms with Crippen molar-refractivity contribution in [2.24, 2.45) is 0 Å². The van der Waals surface area contributed by atoms with E-state index in [1.54, 1.807) is 0 Å². The third-order valence-corrected chi connectivity index (χ3v) is 6.24. The quantitative estimate of drug-likeness (QED) is 0.0867. The summed E-state index contributed by atoms with van der Waals surface area (Å²) in [5.74, 6) is 2.69. The summed E-state index contributed by atoms with van der Waals surface area (Å²) >= 11 is 0. The van der Waals surface area contributed by atoms with Crippen molar-refractivity contribution in [2.75, 3.05) is 0 Å². The fourth-order valence-corrected chi connectivity index (χ4v) is 4.38. The molecule has 176 valence electrons. The molecule has 0 atom stereocenters. The Morgan fingerprint density at radius 2 is 1.30 bits per heavy atom. The van der Waals surface area contributed by atoms with Gasteiger partial charge < -0.3 is 5.53 Å². The smallest absolute Gasteiger partial charge is 0.299 e. The van der Waals surface area contributed by atoms with Gasteiger partial charge in [0.15, 0.2) is 0 Å². The van der Waals surface area contributed by atoms with Crippen LogP contribution in [0.3, 0.4) is 0 Å². The van der Waals surface area contributed by atoms with Crippen LogP contribution in [0.15, 0.2) is 60.2 Å². The molecule has 0 N–H and O–H groups in total. The average Bonchev–Trinajstić information content (AvgIpc) is 2.84. The average molecular weight is 443 g/mol. The summed E-state index contributed by atoms with van der Waals surface area (Å²) in [6.45, 7) is 6.73. The van der Waals surface area contributed by atoms with Crippen LogP contribution in [-0.2, 0) is 12.8 Å². The Kier molecular flexibility index (Phi) is 12.9. The lowest BCUT2D eigenvalue weighted by atomic mass is 9.88. The Morgan fingerprint density at radius 1 is 0.758 bits per heavy atom. The molecule has 0 unspecified atom stereocenters. The lowest BCUT2D eigenvalue weighted by molar-refractivity contribution is 0.00800. The molecule has 2 heteroatoms. The normalized spacial score (nSPS) is 11.5. The molecule has 0 radical (unpaired) electrons. The van der Waals surface area contributed by atoms with Gasteiger partial charge in [-0.15, -0.1) is 4.79 Å². The van der Waals surface area contributed by atoms with E-state index in [-0.39, 0.29) is 0 Å². The highest BCUT2D eigenvalue weighted by molar-refractivity contribution is 5.85. The summed E-state index contributed by atoms with van der Waals surface area (Å²) in [5, 5.41) is 0. The third kappa shape index (κ3) is 9.39. The number of hydrogen-bond acceptors (Lipinski definition) is 0. The molecule has 2 aromatic rings. The fraction of sp³-hybridized carbons (Fsp3) is 0.484. The first-order valence-electron chi connectivity index (χ1n) is 13.1. The standard InChI is InChI=1S/C31H42N2/c1-4-7-10-12-16-27-18-14-21-30(25-27)31(28(19-9-6-3)22-23-33-32)29-20-13-17-26(24-29)15-11-8-5-2/h13-14,17-18,20-22,24-25H,4-12,15-16,19H2,1-3H3. The maximum Gasteiger partial charge on any atom is 0.299 e. The van der Waals surface area contributed by atoms with Crippen molar-refractivity contribution in [1.82, 2.24) is 0 Å². The van der Waals surface area contributed by atoms with E-state index in [1.165, 1.54) is 78.3 Å². The van der Waals surface area contributed by atoms with Gasteiger partial charge in [-0.3, -0.25) is 0 Å². The van der Waals surface area contributed by atoms with Crippen LogP contribution >= 0.6 is 0 Å². The molecule has 2 nitrogen and oxygen atoms in total. The monoisotopic (exact) mass is 442 g/mol. The van der Waals surface area contributed by atoms with Gasteiger partial charge in [0, 0.05) is 0 Å². The number of allylic oxidation sites excluding steroid dienone is 2. The first kappa shape index (κ1) is 26.6. The van der Waals surface area contributed by atoms with Crippen LogP contribution in [0.25, 0.3) is 11.1 Å². The van der Waals surface area contributed by atoms with Crippen LogP contribution in [0, 0.1) is 0 Å². The zero-order valence-electron chi connectivity index (χ0n) is 21.1. The van der Waals surface area contributed by atoms with Crippen LogP contribution in [0.5, 0.6) is 0 Å². The van der Waals surface area contributed by atoms with Crippen molar-refractivity contribution in [2.45, 2.75) is 97.8 Å². The fourth-order valence-electron chi connectivity index (χ4n) is 4.38. The number of aryl methyl sites for hydroxylation is 2. The van der Waals surface area contributed by atoms with Gasteiger partial charge in [-0.1, -0.05) is 108 Å².